The largest absolute Gasteiger partial charge is 0.508 e. The van der Waals surface area contributed by atoms with Gasteiger partial charge >= 0.3 is 5.97 Å². The third-order valence-electron chi connectivity index (χ3n) is 17.6. The maximum Gasteiger partial charge on any atom is 0.305 e. The minimum Gasteiger partial charge on any atom is -0.508 e. The molecule has 14 N–H and O–H groups in total. The number of aliphatic carboxylic acids is 1. The van der Waals surface area contributed by atoms with Crippen LogP contribution >= 0.6 is 23.5 Å². The van der Waals surface area contributed by atoms with Crippen LogP contribution in [0.25, 0.3) is 21.7 Å². The number of carbonyl (C=O) groups is 10. The highest BCUT2D eigenvalue weighted by Gasteiger charge is 2.48. The summed E-state index contributed by atoms with van der Waals surface area (Å²) in [7, 11) is 0. The number of halogens is 1. The van der Waals surface area contributed by atoms with E-state index < -0.39 is 120 Å². The number of nitrogens with two attached hydrogens (primary N) is 1. The maximum atomic E-state index is 15.2. The number of aromatic amines is 2. The van der Waals surface area contributed by atoms with Gasteiger partial charge in [-0.15, -0.1) is 0 Å². The number of carbonyl (C=O) groups excluding carboxylic acids is 9. The minimum atomic E-state index is -1.98. The van der Waals surface area contributed by atoms with Crippen molar-refractivity contribution in [1.29, 1.82) is 0 Å². The van der Waals surface area contributed by atoms with Gasteiger partial charge in [0.1, 0.15) is 59.4 Å². The number of H-pyrrole nitrogens is 2. The number of fused-ring (bicyclic) bond motifs is 5. The zero-order chi connectivity index (χ0) is 70.6. The highest BCUT2D eigenvalue weighted by Crippen LogP contribution is 2.31. The molecule has 5 aromatic carbocycles. The van der Waals surface area contributed by atoms with E-state index in [0.717, 1.165) is 21.9 Å². The molecule has 9 amide bonds. The van der Waals surface area contributed by atoms with E-state index in [4.69, 9.17) is 5.73 Å². The average molecular weight is 1390 g/mol. The van der Waals surface area contributed by atoms with Crippen molar-refractivity contribution in [2.45, 2.75) is 144 Å². The smallest absolute Gasteiger partial charge is 0.305 e. The van der Waals surface area contributed by atoms with Gasteiger partial charge in [0.2, 0.25) is 53.2 Å². The number of thioether (sulfide) groups is 2. The van der Waals surface area contributed by atoms with Gasteiger partial charge in [-0.2, -0.15) is 23.5 Å². The molecule has 7 aromatic rings. The lowest BCUT2D eigenvalue weighted by atomic mass is 9.95. The lowest BCUT2D eigenvalue weighted by Crippen LogP contribution is -2.62. The Kier molecular flexibility index (Phi) is 26.1. The number of amides is 9. The number of aromatic hydroxyl groups is 1. The molecule has 2 aliphatic rings. The molecule has 2 aliphatic heterocycles. The third-order valence-corrected chi connectivity index (χ3v) is 19.6. The van der Waals surface area contributed by atoms with Gasteiger partial charge in [0, 0.05) is 97.2 Å². The summed E-state index contributed by atoms with van der Waals surface area (Å²) < 4.78 is 15.0. The number of phenolic OH excluding ortho intramolecular Hbond substituents is 1. The molecule has 0 saturated carbocycles. The summed E-state index contributed by atoms with van der Waals surface area (Å²) in [5.74, 6) is -7.19. The first-order chi connectivity index (χ1) is 47.6. The van der Waals surface area contributed by atoms with Crippen molar-refractivity contribution in [3.8, 4) is 5.75 Å². The van der Waals surface area contributed by atoms with Gasteiger partial charge in [-0.25, -0.2) is 9.37 Å². The molecule has 2 bridgehead atoms. The summed E-state index contributed by atoms with van der Waals surface area (Å²) in [6.45, 7) is 3.81. The van der Waals surface area contributed by atoms with Crippen molar-refractivity contribution in [2.75, 3.05) is 31.1 Å². The standard InChI is InChI=1S/C71H84FN13O12S2/c1-42-63(90)80-56(32-44-14-17-47-11-3-4-12-48(47)30-44)65(92)81-57(33-49-37-76-54-21-18-50(72)34-53(49)54)66(93)83-59(36-62(88)89)68(95)82-58(35-51-38-74-41-77-51)67(94)84-60(31-43-15-19-52(86)20-16-43)69(96)85-26-8-23-71(85,2)70(97)75-25-28-99-40-46-10-7-9-45(29-46)39-98-27-22-61(87)79-55(64(91)78-42)13-5-6-24-73/h3-4,7,9-12,14-21,29-30,34,37-38,41-42,55-60,76,86H,5-6,8,13,22-28,31-33,35-36,39-40,73H2,1-2H3,(H,74,77)(H,75,97)(H,78,91)(H,79,87)(H,80,90)(H,81,92)(H,82,95)(H,83,93)(H,84,94)(H,88,89)/t42-,55+,56+,57+,58+,59+,60+,71+/m1/s1. The number of rotatable bonds is 14. The summed E-state index contributed by atoms with van der Waals surface area (Å²) in [5.41, 5.74) is 8.67. The summed E-state index contributed by atoms with van der Waals surface area (Å²) in [6, 6.07) is 20.1. The number of benzene rings is 5. The molecule has 25 nitrogen and oxygen atoms in total. The van der Waals surface area contributed by atoms with Crippen LogP contribution in [0, 0.1) is 5.82 Å². The number of aromatic nitrogens is 3. The monoisotopic (exact) mass is 1390 g/mol. The number of hydrogen-bond donors (Lipinski definition) is 13. The van der Waals surface area contributed by atoms with Crippen LogP contribution in [0.15, 0.2) is 128 Å². The Morgan fingerprint density at radius 3 is 2.00 bits per heavy atom. The first-order valence-electron chi connectivity index (χ1n) is 33.0. The van der Waals surface area contributed by atoms with Crippen molar-refractivity contribution >= 4 is 104 Å². The molecule has 0 aliphatic carbocycles. The van der Waals surface area contributed by atoms with E-state index in [1.807, 2.05) is 54.6 Å². The van der Waals surface area contributed by atoms with Crippen molar-refractivity contribution < 1.29 is 62.5 Å². The highest BCUT2D eigenvalue weighted by atomic mass is 32.2. The quantitative estimate of drug-likeness (QED) is 0.0677. The number of nitrogens with one attached hydrogen (secondary N) is 10. The zero-order valence-electron chi connectivity index (χ0n) is 55.0. The van der Waals surface area contributed by atoms with E-state index >= 15 is 14.4 Å². The molecule has 1 fully saturated rings. The molecule has 1 saturated heterocycles. The van der Waals surface area contributed by atoms with Crippen LogP contribution in [0.2, 0.25) is 0 Å². The lowest BCUT2D eigenvalue weighted by molar-refractivity contribution is -0.146. The second-order valence-corrected chi connectivity index (χ2v) is 27.3. The Balaban J connectivity index is 1.05. The second-order valence-electron chi connectivity index (χ2n) is 25.1. The molecule has 28 heteroatoms. The Bertz CT molecular complexity index is 4030. The number of phenols is 1. The molecule has 4 heterocycles. The van der Waals surface area contributed by atoms with Crippen molar-refractivity contribution in [2.24, 2.45) is 5.73 Å². The summed E-state index contributed by atoms with van der Waals surface area (Å²) in [4.78, 5) is 156. The molecule has 99 heavy (non-hydrogen) atoms. The van der Waals surface area contributed by atoms with Crippen molar-refractivity contribution in [3.63, 3.8) is 0 Å². The van der Waals surface area contributed by atoms with Crippen molar-refractivity contribution in [3.05, 3.63) is 167 Å². The van der Waals surface area contributed by atoms with Gasteiger partial charge in [0.25, 0.3) is 0 Å². The summed E-state index contributed by atoms with van der Waals surface area (Å²) >= 11 is 3.14. The van der Waals surface area contributed by atoms with Gasteiger partial charge in [0.15, 0.2) is 0 Å². The van der Waals surface area contributed by atoms with Gasteiger partial charge in [0.05, 0.1) is 12.7 Å². The van der Waals surface area contributed by atoms with Crippen LogP contribution in [0.3, 0.4) is 0 Å². The van der Waals surface area contributed by atoms with E-state index in [1.54, 1.807) is 36.9 Å². The molecule has 2 aromatic heterocycles. The Morgan fingerprint density at radius 2 is 1.29 bits per heavy atom. The number of unbranched alkanes of at least 4 members (excludes halogenated alkanes) is 1. The van der Waals surface area contributed by atoms with E-state index in [0.29, 0.717) is 88.5 Å². The Morgan fingerprint density at radius 1 is 0.657 bits per heavy atom. The molecule has 0 spiro atoms. The molecule has 9 rings (SSSR count). The predicted octanol–water partition coefficient (Wildman–Crippen LogP) is 4.24. The van der Waals surface area contributed by atoms with Crippen LogP contribution < -0.4 is 48.3 Å². The minimum absolute atomic E-state index is 0.0620. The van der Waals surface area contributed by atoms with Crippen LogP contribution in [0.5, 0.6) is 5.75 Å². The maximum absolute atomic E-state index is 15.2. The molecule has 0 radical (unpaired) electrons. The average Bonchev–Trinajstić information content (AvgIpc) is 1.69. The van der Waals surface area contributed by atoms with Crippen LogP contribution in [-0.4, -0.2) is 168 Å². The number of carboxylic acids is 1. The zero-order valence-corrected chi connectivity index (χ0v) is 56.7. The molecular weight excluding hydrogens is 1310 g/mol. The van der Waals surface area contributed by atoms with E-state index in [-0.39, 0.29) is 56.9 Å². The van der Waals surface area contributed by atoms with Gasteiger partial charge < -0.3 is 73.3 Å². The van der Waals surface area contributed by atoms with Gasteiger partial charge in [-0.1, -0.05) is 78.9 Å². The molecular formula is C71H84FN13O12S2. The highest BCUT2D eigenvalue weighted by molar-refractivity contribution is 7.98. The number of hydrogen-bond acceptors (Lipinski definition) is 15. The SMILES string of the molecule is C[C@H]1NC(=O)[C@H](CCCCN)NC(=O)CCSCc2cccc(c2)CSCCNC(=O)[C@]2(C)CCCN2C(=O)[C@H](Cc2ccc(O)cc2)NC(=O)[C@H](Cc2cnc[nH]2)NC(=O)[C@H](CC(=O)O)NC(=O)[C@H](Cc2c[nH]c3ccc(F)cc23)NC(=O)[C@H](Cc2ccc3ccccc3c2)NC1=O. The Labute approximate surface area is 580 Å². The van der Waals surface area contributed by atoms with E-state index in [9.17, 15) is 48.2 Å². The van der Waals surface area contributed by atoms with Gasteiger partial charge in [-0.05, 0) is 121 Å². The van der Waals surface area contributed by atoms with E-state index in [1.165, 1.54) is 72.6 Å². The van der Waals surface area contributed by atoms with E-state index in [2.05, 4.69) is 63.6 Å². The topological polar surface area (TPSA) is 381 Å². The fourth-order valence-corrected chi connectivity index (χ4v) is 13.8. The normalized spacial score (nSPS) is 22.9. The number of carboxylic acid groups (broad SMARTS) is 1. The third kappa shape index (κ3) is 20.6. The van der Waals surface area contributed by atoms with Crippen LogP contribution in [-0.2, 0) is 85.1 Å². The molecule has 524 valence electrons. The Hall–Kier alpha value is -9.80. The number of nitrogens with zero attached hydrogens (tertiary/aromatic N) is 2. The molecule has 0 unspecified atom stereocenters. The van der Waals surface area contributed by atoms with Crippen LogP contribution in [0.1, 0.15) is 92.3 Å². The van der Waals surface area contributed by atoms with Crippen LogP contribution in [0.4, 0.5) is 4.39 Å². The molecule has 8 atom stereocenters. The first-order valence-corrected chi connectivity index (χ1v) is 35.3. The second kappa shape index (κ2) is 35.1. The lowest BCUT2D eigenvalue weighted by Gasteiger charge is -2.36. The first kappa shape index (κ1) is 73.4. The summed E-state index contributed by atoms with van der Waals surface area (Å²) in [6.07, 6.45) is 4.10. The fourth-order valence-electron chi connectivity index (χ4n) is 12.2. The summed E-state index contributed by atoms with van der Waals surface area (Å²) in [5, 5.41) is 44.4. The van der Waals surface area contributed by atoms with Gasteiger partial charge in [-0.3, -0.25) is 47.9 Å². The fraction of sp³-hybridized carbons (Fsp3) is 0.394. The number of imidazole rings is 1. The van der Waals surface area contributed by atoms with Crippen molar-refractivity contribution in [1.82, 2.24) is 62.4 Å². The predicted molar refractivity (Wildman–Crippen MR) is 374 cm³/mol.